The summed E-state index contributed by atoms with van der Waals surface area (Å²) in [7, 11) is 0. The van der Waals surface area contributed by atoms with Crippen molar-refractivity contribution in [2.24, 2.45) is 5.92 Å². The lowest BCUT2D eigenvalue weighted by molar-refractivity contribution is 0.0640. The Morgan fingerprint density at radius 1 is 1.00 bits per heavy atom. The van der Waals surface area contributed by atoms with Crippen molar-refractivity contribution in [3.63, 3.8) is 0 Å². The molecule has 1 saturated heterocycles. The minimum absolute atomic E-state index is 0.180. The monoisotopic (exact) mass is 250 g/mol. The van der Waals surface area contributed by atoms with Crippen molar-refractivity contribution in [2.45, 2.75) is 69.9 Å². The Kier molecular flexibility index (Phi) is 5.46. The highest BCUT2D eigenvalue weighted by molar-refractivity contribution is 4.96. The number of hydrogen-bond donors (Lipinski definition) is 1. The fourth-order valence-electron chi connectivity index (χ4n) is 3.67. The van der Waals surface area contributed by atoms with Gasteiger partial charge in [0.15, 0.2) is 0 Å². The topological polar surface area (TPSA) is 47.3 Å². The van der Waals surface area contributed by atoms with Crippen LogP contribution in [0.15, 0.2) is 0 Å². The van der Waals surface area contributed by atoms with Gasteiger partial charge in [0.05, 0.1) is 18.6 Å². The normalized spacial score (nSPS) is 35.4. The van der Waals surface area contributed by atoms with Crippen LogP contribution in [0.1, 0.15) is 57.8 Å². The number of hydrogen-bond acceptors (Lipinski definition) is 3. The largest absolute Gasteiger partial charge is 0.395 e. The molecule has 1 heterocycles. The first kappa shape index (κ1) is 13.8. The van der Waals surface area contributed by atoms with Crippen LogP contribution in [0.5, 0.6) is 0 Å². The van der Waals surface area contributed by atoms with Crippen LogP contribution in [0.3, 0.4) is 0 Å². The van der Waals surface area contributed by atoms with Crippen molar-refractivity contribution < 1.29 is 5.11 Å². The van der Waals surface area contributed by atoms with E-state index >= 15 is 0 Å². The maximum atomic E-state index is 9.62. The summed E-state index contributed by atoms with van der Waals surface area (Å²) in [6, 6.07) is 3.23. The molecule has 0 amide bonds. The zero-order valence-electron chi connectivity index (χ0n) is 11.4. The third-order valence-electron chi connectivity index (χ3n) is 4.70. The number of nitrogens with zero attached hydrogens (tertiary/aromatic N) is 2. The Hall–Kier alpha value is -0.590. The van der Waals surface area contributed by atoms with Crippen molar-refractivity contribution in [3.8, 4) is 6.07 Å². The molecule has 18 heavy (non-hydrogen) atoms. The third kappa shape index (κ3) is 3.24. The maximum absolute atomic E-state index is 9.62. The van der Waals surface area contributed by atoms with Gasteiger partial charge in [0, 0.05) is 12.1 Å². The van der Waals surface area contributed by atoms with Gasteiger partial charge in [0.25, 0.3) is 0 Å². The highest BCUT2D eigenvalue weighted by atomic mass is 16.3. The van der Waals surface area contributed by atoms with E-state index in [1.807, 2.05) is 0 Å². The Morgan fingerprint density at radius 3 is 2.50 bits per heavy atom. The van der Waals surface area contributed by atoms with Gasteiger partial charge in [0.1, 0.15) is 0 Å². The molecule has 3 nitrogen and oxygen atoms in total. The second-order valence-corrected chi connectivity index (χ2v) is 5.86. The third-order valence-corrected chi connectivity index (χ3v) is 4.70. The average molecular weight is 250 g/mol. The standard InChI is InChI=1S/C15H26N2O/c16-11-13-7-3-1-5-9-15(13)17-10-6-2-4-8-14(17)12-18/h13-15,18H,1-10,12H2. The Labute approximate surface area is 111 Å². The molecule has 2 rings (SSSR count). The molecule has 0 radical (unpaired) electrons. The molecule has 0 bridgehead atoms. The quantitative estimate of drug-likeness (QED) is 0.767. The van der Waals surface area contributed by atoms with Gasteiger partial charge >= 0.3 is 0 Å². The van der Waals surface area contributed by atoms with E-state index in [4.69, 9.17) is 0 Å². The van der Waals surface area contributed by atoms with Crippen molar-refractivity contribution in [3.05, 3.63) is 0 Å². The van der Waals surface area contributed by atoms with Crippen LogP contribution in [0.25, 0.3) is 0 Å². The van der Waals surface area contributed by atoms with Crippen molar-refractivity contribution in [2.75, 3.05) is 13.2 Å². The van der Waals surface area contributed by atoms with Gasteiger partial charge in [-0.1, -0.05) is 32.1 Å². The summed E-state index contributed by atoms with van der Waals surface area (Å²) in [5.74, 6) is 0.180. The molecule has 1 saturated carbocycles. The summed E-state index contributed by atoms with van der Waals surface area (Å²) in [6.07, 6.45) is 10.7. The van der Waals surface area contributed by atoms with E-state index in [-0.39, 0.29) is 12.5 Å². The second kappa shape index (κ2) is 7.11. The highest BCUT2D eigenvalue weighted by Gasteiger charge is 2.33. The average Bonchev–Trinajstić information content (AvgIpc) is 2.77. The molecule has 3 unspecified atom stereocenters. The van der Waals surface area contributed by atoms with Gasteiger partial charge in [-0.05, 0) is 32.2 Å². The SMILES string of the molecule is N#CC1CCCCCC1N1CCCCCC1CO. The summed E-state index contributed by atoms with van der Waals surface area (Å²) in [5, 5.41) is 19.0. The molecule has 0 aromatic carbocycles. The van der Waals surface area contributed by atoms with E-state index in [0.717, 1.165) is 25.8 Å². The lowest BCUT2D eigenvalue weighted by Crippen LogP contribution is -2.47. The maximum Gasteiger partial charge on any atom is 0.0672 e. The van der Waals surface area contributed by atoms with Gasteiger partial charge in [-0.25, -0.2) is 0 Å². The van der Waals surface area contributed by atoms with Gasteiger partial charge in [-0.3, -0.25) is 4.90 Å². The molecular formula is C15H26N2O. The Bertz CT molecular complexity index is 287. The van der Waals surface area contributed by atoms with Crippen molar-refractivity contribution in [1.82, 2.24) is 4.90 Å². The number of rotatable bonds is 2. The molecule has 1 aliphatic heterocycles. The summed E-state index contributed by atoms with van der Waals surface area (Å²) in [4.78, 5) is 2.48. The molecule has 1 aliphatic carbocycles. The predicted molar refractivity (Wildman–Crippen MR) is 72.0 cm³/mol. The minimum Gasteiger partial charge on any atom is -0.395 e. The first-order valence-corrected chi connectivity index (χ1v) is 7.63. The summed E-state index contributed by atoms with van der Waals surface area (Å²) in [6.45, 7) is 1.34. The first-order valence-electron chi connectivity index (χ1n) is 7.63. The molecule has 2 aliphatic rings. The Balaban J connectivity index is 2.11. The fraction of sp³-hybridized carbons (Fsp3) is 0.933. The Morgan fingerprint density at radius 2 is 1.72 bits per heavy atom. The van der Waals surface area contributed by atoms with Gasteiger partial charge in [-0.15, -0.1) is 0 Å². The lowest BCUT2D eigenvalue weighted by Gasteiger charge is -2.37. The van der Waals surface area contributed by atoms with E-state index < -0.39 is 0 Å². The van der Waals surface area contributed by atoms with Crippen LogP contribution in [0, 0.1) is 17.2 Å². The van der Waals surface area contributed by atoms with Crippen LogP contribution in [-0.2, 0) is 0 Å². The molecular weight excluding hydrogens is 224 g/mol. The van der Waals surface area contributed by atoms with Crippen molar-refractivity contribution >= 4 is 0 Å². The number of likely N-dealkylation sites (tertiary alicyclic amines) is 1. The molecule has 0 spiro atoms. The van der Waals surface area contributed by atoms with Crippen LogP contribution in [-0.4, -0.2) is 35.2 Å². The van der Waals surface area contributed by atoms with E-state index in [0.29, 0.717) is 12.1 Å². The van der Waals surface area contributed by atoms with E-state index in [2.05, 4.69) is 11.0 Å². The van der Waals surface area contributed by atoms with Crippen molar-refractivity contribution in [1.29, 1.82) is 5.26 Å². The predicted octanol–water partition coefficient (Wildman–Crippen LogP) is 2.70. The van der Waals surface area contributed by atoms with E-state index in [1.54, 1.807) is 0 Å². The molecule has 1 N–H and O–H groups in total. The second-order valence-electron chi connectivity index (χ2n) is 5.86. The number of aliphatic hydroxyl groups excluding tert-OH is 1. The molecule has 3 atom stereocenters. The molecule has 102 valence electrons. The zero-order valence-corrected chi connectivity index (χ0v) is 11.4. The lowest BCUT2D eigenvalue weighted by atomic mass is 9.93. The van der Waals surface area contributed by atoms with Gasteiger partial charge < -0.3 is 5.11 Å². The highest BCUT2D eigenvalue weighted by Crippen LogP contribution is 2.30. The molecule has 2 fully saturated rings. The smallest absolute Gasteiger partial charge is 0.0672 e. The summed E-state index contributed by atoms with van der Waals surface area (Å²) < 4.78 is 0. The van der Waals surface area contributed by atoms with E-state index in [1.165, 1.54) is 38.5 Å². The van der Waals surface area contributed by atoms with Crippen LogP contribution >= 0.6 is 0 Å². The van der Waals surface area contributed by atoms with Crippen LogP contribution in [0.2, 0.25) is 0 Å². The zero-order chi connectivity index (χ0) is 12.8. The van der Waals surface area contributed by atoms with Gasteiger partial charge in [-0.2, -0.15) is 5.26 Å². The summed E-state index contributed by atoms with van der Waals surface area (Å²) >= 11 is 0. The first-order chi connectivity index (χ1) is 8.86. The molecule has 0 aromatic rings. The fourth-order valence-corrected chi connectivity index (χ4v) is 3.67. The van der Waals surface area contributed by atoms with E-state index in [9.17, 15) is 10.4 Å². The van der Waals surface area contributed by atoms with Crippen LogP contribution < -0.4 is 0 Å². The minimum atomic E-state index is 0.180. The summed E-state index contributed by atoms with van der Waals surface area (Å²) in [5.41, 5.74) is 0. The number of nitriles is 1. The van der Waals surface area contributed by atoms with Crippen LogP contribution in [0.4, 0.5) is 0 Å². The number of aliphatic hydroxyl groups is 1. The molecule has 3 heteroatoms. The molecule has 0 aromatic heterocycles. The van der Waals surface area contributed by atoms with Gasteiger partial charge in [0.2, 0.25) is 0 Å².